The Bertz CT molecular complexity index is 543. The number of hydrogen-bond acceptors (Lipinski definition) is 5. The Morgan fingerprint density at radius 1 is 1.16 bits per heavy atom. The Hall–Kier alpha value is -2.08. The van der Waals surface area contributed by atoms with Crippen molar-refractivity contribution in [3.8, 4) is 11.5 Å². The molecular weight excluding hydrogens is 248 g/mol. The second-order valence-electron chi connectivity index (χ2n) is 4.54. The summed E-state index contributed by atoms with van der Waals surface area (Å²) in [5.74, 6) is 0.566. The minimum absolute atomic E-state index is 0.233. The third kappa shape index (κ3) is 2.04. The first kappa shape index (κ1) is 12.0. The van der Waals surface area contributed by atoms with Gasteiger partial charge in [-0.3, -0.25) is 9.59 Å². The SMILES string of the molecule is N[C@H]1CCC(=O)N(c2ccc3c(c2)OCCO3)C1=O. The Labute approximate surface area is 110 Å². The number of rotatable bonds is 1. The molecule has 0 bridgehead atoms. The number of fused-ring (bicyclic) bond motifs is 1. The maximum Gasteiger partial charge on any atom is 0.250 e. The minimum Gasteiger partial charge on any atom is -0.486 e. The van der Waals surface area contributed by atoms with E-state index >= 15 is 0 Å². The van der Waals surface area contributed by atoms with Gasteiger partial charge in [0.05, 0.1) is 11.7 Å². The van der Waals surface area contributed by atoms with Gasteiger partial charge in [0.25, 0.3) is 5.91 Å². The van der Waals surface area contributed by atoms with E-state index < -0.39 is 6.04 Å². The topological polar surface area (TPSA) is 81.9 Å². The Kier molecular flexibility index (Phi) is 2.87. The molecule has 2 N–H and O–H groups in total. The van der Waals surface area contributed by atoms with E-state index in [1.165, 1.54) is 0 Å². The van der Waals surface area contributed by atoms with E-state index in [9.17, 15) is 9.59 Å². The van der Waals surface area contributed by atoms with Crippen LogP contribution in [0.3, 0.4) is 0 Å². The summed E-state index contributed by atoms with van der Waals surface area (Å²) in [5.41, 5.74) is 6.19. The monoisotopic (exact) mass is 262 g/mol. The van der Waals surface area contributed by atoms with Crippen LogP contribution >= 0.6 is 0 Å². The van der Waals surface area contributed by atoms with Crippen molar-refractivity contribution in [2.24, 2.45) is 5.73 Å². The van der Waals surface area contributed by atoms with Crippen molar-refractivity contribution in [2.75, 3.05) is 18.1 Å². The van der Waals surface area contributed by atoms with Crippen LogP contribution in [0.25, 0.3) is 0 Å². The van der Waals surface area contributed by atoms with E-state index in [1.54, 1.807) is 18.2 Å². The molecule has 2 amide bonds. The Balaban J connectivity index is 1.96. The summed E-state index contributed by atoms with van der Waals surface area (Å²) in [6.45, 7) is 0.955. The first-order valence-electron chi connectivity index (χ1n) is 6.19. The van der Waals surface area contributed by atoms with E-state index in [2.05, 4.69) is 0 Å². The van der Waals surface area contributed by atoms with E-state index in [0.717, 1.165) is 4.90 Å². The number of benzene rings is 1. The van der Waals surface area contributed by atoms with Crippen LogP contribution in [0.15, 0.2) is 18.2 Å². The average Bonchev–Trinajstić information content (AvgIpc) is 2.43. The number of piperidine rings is 1. The molecule has 0 saturated carbocycles. The molecular formula is C13H14N2O4. The molecule has 1 saturated heterocycles. The first-order valence-corrected chi connectivity index (χ1v) is 6.19. The van der Waals surface area contributed by atoms with Crippen molar-refractivity contribution in [3.63, 3.8) is 0 Å². The summed E-state index contributed by atoms with van der Waals surface area (Å²) in [6, 6.07) is 4.39. The van der Waals surface area contributed by atoms with Crippen molar-refractivity contribution >= 4 is 17.5 Å². The van der Waals surface area contributed by atoms with Gasteiger partial charge in [-0.1, -0.05) is 0 Å². The highest BCUT2D eigenvalue weighted by atomic mass is 16.6. The van der Waals surface area contributed by atoms with Gasteiger partial charge >= 0.3 is 0 Å². The van der Waals surface area contributed by atoms with E-state index in [0.29, 0.717) is 36.8 Å². The van der Waals surface area contributed by atoms with Crippen molar-refractivity contribution in [2.45, 2.75) is 18.9 Å². The largest absolute Gasteiger partial charge is 0.486 e. The number of nitrogens with zero attached hydrogens (tertiary/aromatic N) is 1. The summed E-state index contributed by atoms with van der Waals surface area (Å²) in [6.07, 6.45) is 0.681. The van der Waals surface area contributed by atoms with Gasteiger partial charge in [0.1, 0.15) is 13.2 Å². The quantitative estimate of drug-likeness (QED) is 0.742. The van der Waals surface area contributed by atoms with Crippen LogP contribution in [0.1, 0.15) is 12.8 Å². The number of imide groups is 1. The van der Waals surface area contributed by atoms with Gasteiger partial charge in [-0.05, 0) is 18.6 Å². The minimum atomic E-state index is -0.620. The molecule has 2 aliphatic heterocycles. The molecule has 6 heteroatoms. The Morgan fingerprint density at radius 3 is 2.68 bits per heavy atom. The van der Waals surface area contributed by atoms with Crippen LogP contribution in [-0.2, 0) is 9.59 Å². The number of ether oxygens (including phenoxy) is 2. The van der Waals surface area contributed by atoms with Crippen molar-refractivity contribution < 1.29 is 19.1 Å². The zero-order valence-corrected chi connectivity index (χ0v) is 10.3. The number of nitrogens with two attached hydrogens (primary N) is 1. The molecule has 0 aromatic heterocycles. The predicted molar refractivity (Wildman–Crippen MR) is 67.1 cm³/mol. The van der Waals surface area contributed by atoms with Crippen LogP contribution in [0.4, 0.5) is 5.69 Å². The fourth-order valence-electron chi connectivity index (χ4n) is 2.25. The molecule has 0 spiro atoms. The molecule has 0 aliphatic carbocycles. The van der Waals surface area contributed by atoms with Crippen LogP contribution < -0.4 is 20.1 Å². The van der Waals surface area contributed by atoms with Crippen LogP contribution in [0, 0.1) is 0 Å². The van der Waals surface area contributed by atoms with Crippen LogP contribution in [0.2, 0.25) is 0 Å². The zero-order valence-electron chi connectivity index (χ0n) is 10.3. The third-order valence-electron chi connectivity index (χ3n) is 3.24. The van der Waals surface area contributed by atoms with Crippen LogP contribution in [0.5, 0.6) is 11.5 Å². The molecule has 2 aliphatic rings. The van der Waals surface area contributed by atoms with Gasteiger partial charge in [0.2, 0.25) is 5.91 Å². The molecule has 2 heterocycles. The summed E-state index contributed by atoms with van der Waals surface area (Å²) in [4.78, 5) is 25.0. The average molecular weight is 262 g/mol. The van der Waals surface area contributed by atoms with Gasteiger partial charge in [-0.15, -0.1) is 0 Å². The summed E-state index contributed by atoms with van der Waals surface area (Å²) in [7, 11) is 0. The molecule has 1 aromatic rings. The lowest BCUT2D eigenvalue weighted by Gasteiger charge is -2.29. The number of anilines is 1. The molecule has 1 atom stereocenters. The van der Waals surface area contributed by atoms with Gasteiger partial charge in [0.15, 0.2) is 11.5 Å². The normalized spacial score (nSPS) is 22.6. The molecule has 19 heavy (non-hydrogen) atoms. The summed E-state index contributed by atoms with van der Waals surface area (Å²) in [5, 5.41) is 0. The summed E-state index contributed by atoms with van der Waals surface area (Å²) >= 11 is 0. The highest BCUT2D eigenvalue weighted by molar-refractivity contribution is 6.18. The number of carbonyl (C=O) groups excluding carboxylic acids is 2. The fraction of sp³-hybridized carbons (Fsp3) is 0.385. The fourth-order valence-corrected chi connectivity index (χ4v) is 2.25. The number of amides is 2. The molecule has 1 aromatic carbocycles. The Morgan fingerprint density at radius 2 is 1.89 bits per heavy atom. The molecule has 100 valence electrons. The lowest BCUT2D eigenvalue weighted by molar-refractivity contribution is -0.130. The van der Waals surface area contributed by atoms with Crippen molar-refractivity contribution in [3.05, 3.63) is 18.2 Å². The summed E-state index contributed by atoms with van der Waals surface area (Å²) < 4.78 is 10.8. The van der Waals surface area contributed by atoms with E-state index in [4.69, 9.17) is 15.2 Å². The third-order valence-corrected chi connectivity index (χ3v) is 3.24. The zero-order chi connectivity index (χ0) is 13.4. The molecule has 3 rings (SSSR count). The molecule has 6 nitrogen and oxygen atoms in total. The lowest BCUT2D eigenvalue weighted by Crippen LogP contribution is -2.51. The molecule has 1 fully saturated rings. The van der Waals surface area contributed by atoms with Gasteiger partial charge in [0, 0.05) is 12.5 Å². The highest BCUT2D eigenvalue weighted by Crippen LogP contribution is 2.35. The van der Waals surface area contributed by atoms with Crippen molar-refractivity contribution in [1.82, 2.24) is 0 Å². The van der Waals surface area contributed by atoms with E-state index in [-0.39, 0.29) is 18.2 Å². The number of carbonyl (C=O) groups is 2. The second kappa shape index (κ2) is 4.55. The van der Waals surface area contributed by atoms with Crippen molar-refractivity contribution in [1.29, 1.82) is 0 Å². The smallest absolute Gasteiger partial charge is 0.250 e. The standard InChI is InChI=1S/C13H14N2O4/c14-9-2-4-12(16)15(13(9)17)8-1-3-10-11(7-8)19-6-5-18-10/h1,3,7,9H,2,4-6,14H2/t9-/m0/s1. The van der Waals surface area contributed by atoms with Gasteiger partial charge < -0.3 is 15.2 Å². The second-order valence-corrected chi connectivity index (χ2v) is 4.54. The van der Waals surface area contributed by atoms with E-state index in [1.807, 2.05) is 0 Å². The molecule has 0 radical (unpaired) electrons. The van der Waals surface area contributed by atoms with Crippen LogP contribution in [-0.4, -0.2) is 31.1 Å². The number of hydrogen-bond donors (Lipinski definition) is 1. The predicted octanol–water partition coefficient (Wildman–Crippen LogP) is 0.438. The maximum absolute atomic E-state index is 12.0. The first-order chi connectivity index (χ1) is 9.16. The molecule has 0 unspecified atom stereocenters. The van der Waals surface area contributed by atoms with Gasteiger partial charge in [-0.2, -0.15) is 0 Å². The van der Waals surface area contributed by atoms with Gasteiger partial charge in [-0.25, -0.2) is 4.90 Å². The maximum atomic E-state index is 12.0. The lowest BCUT2D eigenvalue weighted by atomic mass is 10.0. The highest BCUT2D eigenvalue weighted by Gasteiger charge is 2.33.